The number of hydrogen-bond acceptors (Lipinski definition) is 4. The molecule has 0 fully saturated rings. The Labute approximate surface area is 138 Å². The van der Waals surface area contributed by atoms with Gasteiger partial charge in [0.1, 0.15) is 5.82 Å². The lowest BCUT2D eigenvalue weighted by molar-refractivity contribution is -0.115. The quantitative estimate of drug-likeness (QED) is 0.832. The van der Waals surface area contributed by atoms with Crippen LogP contribution in [-0.4, -0.2) is 21.9 Å². The number of thioether (sulfide) groups is 1. The molecule has 22 heavy (non-hydrogen) atoms. The van der Waals surface area contributed by atoms with Crippen LogP contribution in [0.4, 0.5) is 9.52 Å². The minimum Gasteiger partial charge on any atom is -0.301 e. The molecule has 1 N–H and O–H groups in total. The van der Waals surface area contributed by atoms with Gasteiger partial charge in [0, 0.05) is 10.9 Å². The zero-order valence-electron chi connectivity index (χ0n) is 12.8. The first-order chi connectivity index (χ1) is 10.5. The summed E-state index contributed by atoms with van der Waals surface area (Å²) in [5, 5.41) is 5.16. The minimum atomic E-state index is -0.275. The number of aromatic nitrogens is 1. The largest absolute Gasteiger partial charge is 0.301 e. The predicted molar refractivity (Wildman–Crippen MR) is 92.9 cm³/mol. The maximum Gasteiger partial charge on any atom is 0.238 e. The number of carbonyl (C=O) groups excluding carboxylic acids is 1. The summed E-state index contributed by atoms with van der Waals surface area (Å²) < 4.78 is 12.9. The van der Waals surface area contributed by atoms with Crippen LogP contribution in [0.3, 0.4) is 0 Å². The highest BCUT2D eigenvalue weighted by molar-refractivity contribution is 8.00. The Bertz CT molecular complexity index is 625. The fourth-order valence-electron chi connectivity index (χ4n) is 1.70. The molecule has 0 aliphatic rings. The number of benzene rings is 1. The van der Waals surface area contributed by atoms with Crippen molar-refractivity contribution in [1.82, 2.24) is 4.98 Å². The van der Waals surface area contributed by atoms with Gasteiger partial charge in [-0.25, -0.2) is 9.37 Å². The number of carbonyl (C=O) groups is 1. The molecule has 0 spiro atoms. The number of nitrogens with one attached hydrogen (secondary N) is 1. The van der Waals surface area contributed by atoms with E-state index in [2.05, 4.69) is 24.1 Å². The molecule has 0 aliphatic carbocycles. The summed E-state index contributed by atoms with van der Waals surface area (Å²) in [4.78, 5) is 16.5. The van der Waals surface area contributed by atoms with E-state index in [4.69, 9.17) is 0 Å². The van der Waals surface area contributed by atoms with Crippen LogP contribution in [0.5, 0.6) is 0 Å². The molecule has 6 heteroatoms. The molecular formula is C16H19FN2OS2. The van der Waals surface area contributed by atoms with Crippen molar-refractivity contribution in [1.29, 1.82) is 0 Å². The van der Waals surface area contributed by atoms with Crippen molar-refractivity contribution in [2.75, 3.05) is 11.1 Å². The Morgan fingerprint density at radius 2 is 2.00 bits per heavy atom. The molecular weight excluding hydrogens is 319 g/mol. The number of anilines is 1. The standard InChI is InChI=1S/C16H19FN2OS2/c1-10(2)8-21-11(3)15(20)19-16-18-14(9-22-16)12-4-6-13(17)7-5-12/h4-7,9-11H,8H2,1-3H3,(H,18,19,20). The Kier molecular flexibility index (Phi) is 5.97. The first-order valence-electron chi connectivity index (χ1n) is 7.09. The smallest absolute Gasteiger partial charge is 0.238 e. The van der Waals surface area contributed by atoms with E-state index >= 15 is 0 Å². The normalized spacial score (nSPS) is 12.4. The molecule has 1 heterocycles. The van der Waals surface area contributed by atoms with Crippen LogP contribution in [0.25, 0.3) is 11.3 Å². The topological polar surface area (TPSA) is 42.0 Å². The van der Waals surface area contributed by atoms with E-state index < -0.39 is 0 Å². The van der Waals surface area contributed by atoms with Crippen LogP contribution in [0.15, 0.2) is 29.6 Å². The van der Waals surface area contributed by atoms with E-state index in [0.29, 0.717) is 11.0 Å². The number of amides is 1. The average Bonchev–Trinajstić information content (AvgIpc) is 2.93. The van der Waals surface area contributed by atoms with Crippen LogP contribution in [0.1, 0.15) is 20.8 Å². The third kappa shape index (κ3) is 4.81. The van der Waals surface area contributed by atoms with Crippen molar-refractivity contribution in [2.45, 2.75) is 26.0 Å². The van der Waals surface area contributed by atoms with E-state index in [1.807, 2.05) is 12.3 Å². The van der Waals surface area contributed by atoms with Gasteiger partial charge < -0.3 is 5.32 Å². The van der Waals surface area contributed by atoms with Crippen molar-refractivity contribution >= 4 is 34.1 Å². The molecule has 1 atom stereocenters. The monoisotopic (exact) mass is 338 g/mol. The fraction of sp³-hybridized carbons (Fsp3) is 0.375. The molecule has 3 nitrogen and oxygen atoms in total. The van der Waals surface area contributed by atoms with Crippen molar-refractivity contribution in [3.63, 3.8) is 0 Å². The second kappa shape index (κ2) is 7.74. The molecule has 118 valence electrons. The van der Waals surface area contributed by atoms with Crippen LogP contribution in [0, 0.1) is 11.7 Å². The highest BCUT2D eigenvalue weighted by Gasteiger charge is 2.15. The van der Waals surface area contributed by atoms with Crippen LogP contribution >= 0.6 is 23.1 Å². The summed E-state index contributed by atoms with van der Waals surface area (Å²) in [6.07, 6.45) is 0. The second-order valence-electron chi connectivity index (χ2n) is 5.40. The SMILES string of the molecule is CC(C)CSC(C)C(=O)Nc1nc(-c2ccc(F)cc2)cs1. The van der Waals surface area contributed by atoms with E-state index in [1.165, 1.54) is 23.5 Å². The van der Waals surface area contributed by atoms with E-state index in [0.717, 1.165) is 17.0 Å². The molecule has 0 saturated heterocycles. The van der Waals surface area contributed by atoms with Gasteiger partial charge in [-0.1, -0.05) is 13.8 Å². The summed E-state index contributed by atoms with van der Waals surface area (Å²) in [5.41, 5.74) is 1.57. The number of hydrogen-bond donors (Lipinski definition) is 1. The maximum atomic E-state index is 12.9. The summed E-state index contributed by atoms with van der Waals surface area (Å²) in [5.74, 6) is 1.20. The van der Waals surface area contributed by atoms with E-state index in [9.17, 15) is 9.18 Å². The minimum absolute atomic E-state index is 0.0364. The van der Waals surface area contributed by atoms with Gasteiger partial charge in [0.25, 0.3) is 0 Å². The Morgan fingerprint density at radius 1 is 1.32 bits per heavy atom. The van der Waals surface area contributed by atoms with E-state index in [1.54, 1.807) is 23.9 Å². The highest BCUT2D eigenvalue weighted by atomic mass is 32.2. The van der Waals surface area contributed by atoms with Crippen molar-refractivity contribution in [2.24, 2.45) is 5.92 Å². The maximum absolute atomic E-state index is 12.9. The Morgan fingerprint density at radius 3 is 2.64 bits per heavy atom. The van der Waals surface area contributed by atoms with Gasteiger partial charge in [-0.3, -0.25) is 4.79 Å². The highest BCUT2D eigenvalue weighted by Crippen LogP contribution is 2.26. The van der Waals surface area contributed by atoms with Gasteiger partial charge in [-0.15, -0.1) is 23.1 Å². The third-order valence-corrected chi connectivity index (χ3v) is 5.25. The van der Waals surface area contributed by atoms with Crippen molar-refractivity contribution < 1.29 is 9.18 Å². The van der Waals surface area contributed by atoms with Gasteiger partial charge >= 0.3 is 0 Å². The molecule has 0 aliphatic heterocycles. The van der Waals surface area contributed by atoms with Crippen LogP contribution in [0.2, 0.25) is 0 Å². The zero-order valence-corrected chi connectivity index (χ0v) is 14.4. The van der Waals surface area contributed by atoms with Gasteiger partial charge in [-0.05, 0) is 42.9 Å². The first kappa shape index (κ1) is 17.0. The summed E-state index contributed by atoms with van der Waals surface area (Å²) in [7, 11) is 0. The van der Waals surface area contributed by atoms with Crippen LogP contribution in [-0.2, 0) is 4.79 Å². The summed E-state index contributed by atoms with van der Waals surface area (Å²) >= 11 is 3.01. The molecule has 0 bridgehead atoms. The number of thiazole rings is 1. The van der Waals surface area contributed by atoms with Gasteiger partial charge in [0.05, 0.1) is 10.9 Å². The second-order valence-corrected chi connectivity index (χ2v) is 7.64. The number of nitrogens with zero attached hydrogens (tertiary/aromatic N) is 1. The van der Waals surface area contributed by atoms with Gasteiger partial charge in [0.15, 0.2) is 5.13 Å². The summed E-state index contributed by atoms with van der Waals surface area (Å²) in [6, 6.07) is 6.16. The molecule has 0 radical (unpaired) electrons. The molecule has 0 saturated carbocycles. The van der Waals surface area contributed by atoms with Crippen molar-refractivity contribution in [3.8, 4) is 11.3 Å². The van der Waals surface area contributed by atoms with Crippen molar-refractivity contribution in [3.05, 3.63) is 35.5 Å². The first-order valence-corrected chi connectivity index (χ1v) is 9.02. The molecule has 2 aromatic rings. The average molecular weight is 338 g/mol. The van der Waals surface area contributed by atoms with E-state index in [-0.39, 0.29) is 17.0 Å². The summed E-state index contributed by atoms with van der Waals surface area (Å²) in [6.45, 7) is 6.16. The Hall–Kier alpha value is -1.40. The van der Waals surface area contributed by atoms with Gasteiger partial charge in [-0.2, -0.15) is 0 Å². The molecule has 1 aromatic carbocycles. The lowest BCUT2D eigenvalue weighted by Crippen LogP contribution is -2.23. The fourth-order valence-corrected chi connectivity index (χ4v) is 3.31. The molecule has 1 unspecified atom stereocenters. The number of rotatable bonds is 6. The molecule has 1 aromatic heterocycles. The number of halogens is 1. The molecule has 2 rings (SSSR count). The van der Waals surface area contributed by atoms with Gasteiger partial charge in [0.2, 0.25) is 5.91 Å². The lowest BCUT2D eigenvalue weighted by atomic mass is 10.2. The zero-order chi connectivity index (χ0) is 16.1. The lowest BCUT2D eigenvalue weighted by Gasteiger charge is -2.11. The third-order valence-electron chi connectivity index (χ3n) is 2.92. The molecule has 1 amide bonds. The van der Waals surface area contributed by atoms with Crippen LogP contribution < -0.4 is 5.32 Å². The predicted octanol–water partition coefficient (Wildman–Crippen LogP) is 4.67. The Balaban J connectivity index is 1.97.